The maximum Gasteiger partial charge on any atom is 0.319 e. The molecule has 15 heavy (non-hydrogen) atoms. The van der Waals surface area contributed by atoms with Crippen molar-refractivity contribution in [3.8, 4) is 0 Å². The fourth-order valence-electron chi connectivity index (χ4n) is 1.13. The third-order valence-electron chi connectivity index (χ3n) is 1.86. The summed E-state index contributed by atoms with van der Waals surface area (Å²) in [5.41, 5.74) is -1.24. The molecule has 1 aromatic carbocycles. The smallest absolute Gasteiger partial charge is 0.319 e. The van der Waals surface area contributed by atoms with Gasteiger partial charge in [-0.2, -0.15) is 0 Å². The summed E-state index contributed by atoms with van der Waals surface area (Å²) in [6, 6.07) is 9.19. The standard InChI is InChI=1S/C11H14O3S/c1-11(2,14)9(10(12)13)15-8-6-4-3-5-7-8/h3-7,9,14H,1-2H3,(H,12,13). The van der Waals surface area contributed by atoms with E-state index in [1.165, 1.54) is 13.8 Å². The fourth-order valence-corrected chi connectivity index (χ4v) is 2.11. The van der Waals surface area contributed by atoms with Crippen LogP contribution in [0.15, 0.2) is 35.2 Å². The van der Waals surface area contributed by atoms with Crippen LogP contribution in [0.5, 0.6) is 0 Å². The first-order valence-electron chi connectivity index (χ1n) is 4.58. The van der Waals surface area contributed by atoms with Gasteiger partial charge in [-0.25, -0.2) is 0 Å². The van der Waals surface area contributed by atoms with Crippen molar-refractivity contribution in [2.75, 3.05) is 0 Å². The molecule has 82 valence electrons. The number of carbonyl (C=O) groups is 1. The second-order valence-electron chi connectivity index (χ2n) is 3.80. The summed E-state index contributed by atoms with van der Waals surface area (Å²) in [5, 5.41) is 17.8. The number of benzene rings is 1. The van der Waals surface area contributed by atoms with Gasteiger partial charge in [-0.3, -0.25) is 4.79 Å². The maximum atomic E-state index is 11.0. The molecule has 1 aromatic rings. The highest BCUT2D eigenvalue weighted by Crippen LogP contribution is 2.30. The Morgan fingerprint density at radius 2 is 1.87 bits per heavy atom. The number of thioether (sulfide) groups is 1. The van der Waals surface area contributed by atoms with Crippen LogP contribution in [-0.4, -0.2) is 27.0 Å². The van der Waals surface area contributed by atoms with Gasteiger partial charge in [0.25, 0.3) is 0 Å². The lowest BCUT2D eigenvalue weighted by molar-refractivity contribution is -0.140. The molecule has 0 aromatic heterocycles. The van der Waals surface area contributed by atoms with Crippen molar-refractivity contribution in [2.24, 2.45) is 0 Å². The topological polar surface area (TPSA) is 57.5 Å². The second-order valence-corrected chi connectivity index (χ2v) is 4.98. The van der Waals surface area contributed by atoms with E-state index >= 15 is 0 Å². The zero-order chi connectivity index (χ0) is 11.5. The Labute approximate surface area is 93.1 Å². The van der Waals surface area contributed by atoms with Crippen LogP contribution in [0.4, 0.5) is 0 Å². The third kappa shape index (κ3) is 3.57. The minimum absolute atomic E-state index is 0.840. The van der Waals surface area contributed by atoms with Crippen molar-refractivity contribution in [2.45, 2.75) is 29.6 Å². The molecule has 0 saturated carbocycles. The van der Waals surface area contributed by atoms with Crippen LogP contribution in [0.3, 0.4) is 0 Å². The molecule has 3 nitrogen and oxygen atoms in total. The van der Waals surface area contributed by atoms with Crippen molar-refractivity contribution in [1.82, 2.24) is 0 Å². The van der Waals surface area contributed by atoms with Crippen LogP contribution in [0.25, 0.3) is 0 Å². The van der Waals surface area contributed by atoms with Crippen LogP contribution in [0, 0.1) is 0 Å². The average molecular weight is 226 g/mol. The SMILES string of the molecule is CC(C)(O)C(Sc1ccccc1)C(=O)O. The van der Waals surface area contributed by atoms with E-state index in [0.717, 1.165) is 16.7 Å². The second kappa shape index (κ2) is 4.68. The van der Waals surface area contributed by atoms with E-state index in [9.17, 15) is 9.90 Å². The molecule has 2 N–H and O–H groups in total. The number of aliphatic carboxylic acids is 1. The average Bonchev–Trinajstić information content (AvgIpc) is 2.13. The Balaban J connectivity index is 2.82. The molecule has 0 aliphatic rings. The van der Waals surface area contributed by atoms with Gasteiger partial charge in [0.05, 0.1) is 5.60 Å². The summed E-state index contributed by atoms with van der Waals surface area (Å²) in [6.45, 7) is 3.00. The zero-order valence-electron chi connectivity index (χ0n) is 8.68. The first kappa shape index (κ1) is 12.1. The maximum absolute atomic E-state index is 11.0. The van der Waals surface area contributed by atoms with Gasteiger partial charge in [-0.05, 0) is 26.0 Å². The number of carboxylic acids is 1. The highest BCUT2D eigenvalue weighted by molar-refractivity contribution is 8.00. The summed E-state index contributed by atoms with van der Waals surface area (Å²) in [6.07, 6.45) is 0. The quantitative estimate of drug-likeness (QED) is 0.771. The lowest BCUT2D eigenvalue weighted by Gasteiger charge is -2.24. The summed E-state index contributed by atoms with van der Waals surface area (Å²) in [5.74, 6) is -1.00. The molecular formula is C11H14O3S. The minimum atomic E-state index is -1.24. The van der Waals surface area contributed by atoms with Crippen LogP contribution < -0.4 is 0 Å². The molecule has 0 radical (unpaired) electrons. The lowest BCUT2D eigenvalue weighted by Crippen LogP contribution is -2.39. The molecule has 1 rings (SSSR count). The Kier molecular flexibility index (Phi) is 3.77. The van der Waals surface area contributed by atoms with Crippen molar-refractivity contribution >= 4 is 17.7 Å². The van der Waals surface area contributed by atoms with Gasteiger partial charge in [0.15, 0.2) is 0 Å². The van der Waals surface area contributed by atoms with Crippen molar-refractivity contribution in [3.63, 3.8) is 0 Å². The van der Waals surface area contributed by atoms with Crippen LogP contribution >= 0.6 is 11.8 Å². The number of aliphatic hydroxyl groups is 1. The van der Waals surface area contributed by atoms with E-state index in [4.69, 9.17) is 5.11 Å². The van der Waals surface area contributed by atoms with Gasteiger partial charge in [-0.1, -0.05) is 18.2 Å². The minimum Gasteiger partial charge on any atom is -0.480 e. The Bertz CT molecular complexity index is 329. The predicted octanol–water partition coefficient (Wildman–Crippen LogP) is 2.00. The highest BCUT2D eigenvalue weighted by Gasteiger charge is 2.34. The van der Waals surface area contributed by atoms with Gasteiger partial charge in [0.1, 0.15) is 5.25 Å². The summed E-state index contributed by atoms with van der Waals surface area (Å²) in [7, 11) is 0. The first-order valence-corrected chi connectivity index (χ1v) is 5.46. The highest BCUT2D eigenvalue weighted by atomic mass is 32.2. The summed E-state index contributed by atoms with van der Waals surface area (Å²) in [4.78, 5) is 11.8. The molecule has 1 atom stereocenters. The zero-order valence-corrected chi connectivity index (χ0v) is 9.49. The van der Waals surface area contributed by atoms with E-state index < -0.39 is 16.8 Å². The van der Waals surface area contributed by atoms with Crippen molar-refractivity contribution in [3.05, 3.63) is 30.3 Å². The molecule has 0 fully saturated rings. The molecule has 4 heteroatoms. The van der Waals surface area contributed by atoms with Crippen LogP contribution in [0.1, 0.15) is 13.8 Å². The Morgan fingerprint density at radius 3 is 2.27 bits per heavy atom. The first-order chi connectivity index (χ1) is 6.91. The molecule has 0 bridgehead atoms. The number of hydrogen-bond acceptors (Lipinski definition) is 3. The van der Waals surface area contributed by atoms with E-state index in [1.807, 2.05) is 30.3 Å². The van der Waals surface area contributed by atoms with Crippen LogP contribution in [0.2, 0.25) is 0 Å². The summed E-state index contributed by atoms with van der Waals surface area (Å²) >= 11 is 1.15. The summed E-state index contributed by atoms with van der Waals surface area (Å²) < 4.78 is 0. The monoisotopic (exact) mass is 226 g/mol. The van der Waals surface area contributed by atoms with Crippen molar-refractivity contribution < 1.29 is 15.0 Å². The molecule has 0 aliphatic heterocycles. The molecule has 0 aliphatic carbocycles. The number of carboxylic acid groups (broad SMARTS) is 1. The molecular weight excluding hydrogens is 212 g/mol. The van der Waals surface area contributed by atoms with Gasteiger partial charge >= 0.3 is 5.97 Å². The van der Waals surface area contributed by atoms with Crippen LogP contribution in [-0.2, 0) is 4.79 Å². The predicted molar refractivity (Wildman–Crippen MR) is 60.0 cm³/mol. The normalized spacial score (nSPS) is 13.5. The number of rotatable bonds is 4. The lowest BCUT2D eigenvalue weighted by atomic mass is 10.1. The van der Waals surface area contributed by atoms with Gasteiger partial charge < -0.3 is 10.2 Å². The molecule has 0 amide bonds. The largest absolute Gasteiger partial charge is 0.480 e. The van der Waals surface area contributed by atoms with Crippen molar-refractivity contribution in [1.29, 1.82) is 0 Å². The fraction of sp³-hybridized carbons (Fsp3) is 0.364. The van der Waals surface area contributed by atoms with E-state index in [0.29, 0.717) is 0 Å². The van der Waals surface area contributed by atoms with E-state index in [1.54, 1.807) is 0 Å². The molecule has 0 heterocycles. The Morgan fingerprint density at radius 1 is 1.33 bits per heavy atom. The van der Waals surface area contributed by atoms with E-state index in [2.05, 4.69) is 0 Å². The van der Waals surface area contributed by atoms with E-state index in [-0.39, 0.29) is 0 Å². The molecule has 0 spiro atoms. The van der Waals surface area contributed by atoms with Gasteiger partial charge in [-0.15, -0.1) is 11.8 Å². The third-order valence-corrected chi connectivity index (χ3v) is 3.42. The molecule has 1 unspecified atom stereocenters. The Hall–Kier alpha value is -1.00. The number of hydrogen-bond donors (Lipinski definition) is 2. The van der Waals surface area contributed by atoms with Gasteiger partial charge in [0, 0.05) is 4.90 Å². The van der Waals surface area contributed by atoms with Gasteiger partial charge in [0.2, 0.25) is 0 Å². The molecule has 0 saturated heterocycles.